The maximum Gasteiger partial charge on any atom is 0.320 e. The molecule has 0 radical (unpaired) electrons. The smallest absolute Gasteiger partial charge is 0.320 e. The predicted molar refractivity (Wildman–Crippen MR) is 85.4 cm³/mol. The summed E-state index contributed by atoms with van der Waals surface area (Å²) in [6, 6.07) is 17.8. The molecule has 116 valence electrons. The Morgan fingerprint density at radius 3 is 2.00 bits per heavy atom. The van der Waals surface area contributed by atoms with Gasteiger partial charge in [0.15, 0.2) is 0 Å². The number of aliphatic hydroxyl groups is 1. The Kier molecular flexibility index (Phi) is 5.69. The number of carbonyl (C=O) groups is 1. The van der Waals surface area contributed by atoms with Crippen molar-refractivity contribution in [1.82, 2.24) is 5.32 Å². The van der Waals surface area contributed by atoms with Gasteiger partial charge in [-0.25, -0.2) is 0 Å². The van der Waals surface area contributed by atoms with Crippen LogP contribution in [0.15, 0.2) is 60.7 Å². The average Bonchev–Trinajstić information content (AvgIpc) is 2.55. The van der Waals surface area contributed by atoms with Crippen LogP contribution in [-0.2, 0) is 4.79 Å². The molecule has 0 aliphatic carbocycles. The largest absolute Gasteiger partial charge is 0.480 e. The van der Waals surface area contributed by atoms with Crippen molar-refractivity contribution in [2.45, 2.75) is 31.5 Å². The zero-order chi connectivity index (χ0) is 15.9. The highest BCUT2D eigenvalue weighted by Gasteiger charge is 2.24. The van der Waals surface area contributed by atoms with Crippen LogP contribution in [0.1, 0.15) is 36.6 Å². The van der Waals surface area contributed by atoms with Gasteiger partial charge in [-0.2, -0.15) is 0 Å². The topological polar surface area (TPSA) is 69.6 Å². The number of hydrogen-bond donors (Lipinski definition) is 3. The third-order valence-corrected chi connectivity index (χ3v) is 3.69. The van der Waals surface area contributed by atoms with Crippen LogP contribution in [0.5, 0.6) is 0 Å². The molecule has 0 heterocycles. The van der Waals surface area contributed by atoms with Gasteiger partial charge in [0.2, 0.25) is 0 Å². The minimum absolute atomic E-state index is 0.106. The molecule has 0 unspecified atom stereocenters. The van der Waals surface area contributed by atoms with Crippen LogP contribution >= 0.6 is 0 Å². The minimum atomic E-state index is -0.960. The lowest BCUT2D eigenvalue weighted by molar-refractivity contribution is -0.140. The van der Waals surface area contributed by atoms with Crippen molar-refractivity contribution in [3.63, 3.8) is 0 Å². The van der Waals surface area contributed by atoms with Crippen LogP contribution in [0.25, 0.3) is 0 Å². The Balaban J connectivity index is 2.03. The maximum absolute atomic E-state index is 11.5. The number of carboxylic acids is 1. The van der Waals surface area contributed by atoms with Crippen molar-refractivity contribution < 1.29 is 15.0 Å². The van der Waals surface area contributed by atoms with E-state index < -0.39 is 18.1 Å². The Morgan fingerprint density at radius 1 is 1.00 bits per heavy atom. The molecule has 0 saturated heterocycles. The Bertz CT molecular complexity index is 538. The fourth-order valence-corrected chi connectivity index (χ4v) is 2.41. The number of rotatable bonds is 7. The molecule has 0 saturated carbocycles. The molecule has 4 heteroatoms. The van der Waals surface area contributed by atoms with Crippen LogP contribution in [0.3, 0.4) is 0 Å². The summed E-state index contributed by atoms with van der Waals surface area (Å²) >= 11 is 0. The first-order valence-corrected chi connectivity index (χ1v) is 7.34. The minimum Gasteiger partial charge on any atom is -0.480 e. The highest BCUT2D eigenvalue weighted by molar-refractivity contribution is 5.73. The summed E-state index contributed by atoms with van der Waals surface area (Å²) in [5.74, 6) is -0.960. The van der Waals surface area contributed by atoms with Crippen molar-refractivity contribution in [2.24, 2.45) is 0 Å². The lowest BCUT2D eigenvalue weighted by Gasteiger charge is -2.23. The van der Waals surface area contributed by atoms with Crippen molar-refractivity contribution in [3.05, 3.63) is 71.8 Å². The first kappa shape index (κ1) is 16.2. The normalized spacial score (nSPS) is 15.0. The molecule has 2 aromatic rings. The number of hydrogen-bond acceptors (Lipinski definition) is 3. The molecule has 3 atom stereocenters. The summed E-state index contributed by atoms with van der Waals surface area (Å²) in [5.41, 5.74) is 1.74. The van der Waals surface area contributed by atoms with Crippen LogP contribution in [-0.4, -0.2) is 22.2 Å². The van der Waals surface area contributed by atoms with E-state index in [0.29, 0.717) is 0 Å². The van der Waals surface area contributed by atoms with E-state index in [4.69, 9.17) is 0 Å². The van der Waals surface area contributed by atoms with Gasteiger partial charge in [0, 0.05) is 12.5 Å². The standard InChI is InChI=1S/C18H21NO3/c1-13(14-8-4-2-5-9-14)19-16(18(21)22)12-17(20)15-10-6-3-7-11-15/h2-11,13,16-17,19-20H,12H2,1H3,(H,21,22)/t13-,16+,17-/m1/s1. The summed E-state index contributed by atoms with van der Waals surface area (Å²) in [4.78, 5) is 11.5. The van der Waals surface area contributed by atoms with Gasteiger partial charge in [-0.3, -0.25) is 10.1 Å². The number of benzene rings is 2. The summed E-state index contributed by atoms with van der Waals surface area (Å²) in [7, 11) is 0. The van der Waals surface area contributed by atoms with E-state index in [-0.39, 0.29) is 12.5 Å². The monoisotopic (exact) mass is 299 g/mol. The third-order valence-electron chi connectivity index (χ3n) is 3.69. The average molecular weight is 299 g/mol. The molecule has 0 spiro atoms. The zero-order valence-electron chi connectivity index (χ0n) is 12.5. The zero-order valence-corrected chi connectivity index (χ0v) is 12.5. The van der Waals surface area contributed by atoms with Gasteiger partial charge in [-0.05, 0) is 18.1 Å². The van der Waals surface area contributed by atoms with E-state index in [9.17, 15) is 15.0 Å². The summed E-state index contributed by atoms with van der Waals surface area (Å²) < 4.78 is 0. The van der Waals surface area contributed by atoms with E-state index in [1.165, 1.54) is 0 Å². The highest BCUT2D eigenvalue weighted by Crippen LogP contribution is 2.20. The molecule has 22 heavy (non-hydrogen) atoms. The fraction of sp³-hybridized carbons (Fsp3) is 0.278. The van der Waals surface area contributed by atoms with Gasteiger partial charge in [0.1, 0.15) is 6.04 Å². The number of aliphatic carboxylic acids is 1. The van der Waals surface area contributed by atoms with E-state index in [1.807, 2.05) is 55.5 Å². The molecular formula is C18H21NO3. The third kappa shape index (κ3) is 4.41. The Morgan fingerprint density at radius 2 is 1.50 bits per heavy atom. The van der Waals surface area contributed by atoms with Gasteiger partial charge < -0.3 is 10.2 Å². The van der Waals surface area contributed by atoms with E-state index in [2.05, 4.69) is 5.32 Å². The molecule has 4 nitrogen and oxygen atoms in total. The molecule has 0 amide bonds. The van der Waals surface area contributed by atoms with Crippen LogP contribution in [0.2, 0.25) is 0 Å². The molecule has 0 aliphatic heterocycles. The summed E-state index contributed by atoms with van der Waals surface area (Å²) in [5, 5.41) is 22.7. The second-order valence-electron chi connectivity index (χ2n) is 5.35. The fourth-order valence-electron chi connectivity index (χ4n) is 2.41. The van der Waals surface area contributed by atoms with Crippen molar-refractivity contribution in [2.75, 3.05) is 0 Å². The molecule has 3 N–H and O–H groups in total. The maximum atomic E-state index is 11.5. The van der Waals surface area contributed by atoms with Crippen molar-refractivity contribution >= 4 is 5.97 Å². The van der Waals surface area contributed by atoms with E-state index in [0.717, 1.165) is 11.1 Å². The van der Waals surface area contributed by atoms with Crippen molar-refractivity contribution in [3.8, 4) is 0 Å². The lowest BCUT2D eigenvalue weighted by Crippen LogP contribution is -2.39. The predicted octanol–water partition coefficient (Wildman–Crippen LogP) is 2.91. The second kappa shape index (κ2) is 7.73. The molecule has 0 bridgehead atoms. The molecule has 2 rings (SSSR count). The first-order chi connectivity index (χ1) is 10.6. The SMILES string of the molecule is C[C@@H](N[C@@H](C[C@@H](O)c1ccccc1)C(=O)O)c1ccccc1. The first-order valence-electron chi connectivity index (χ1n) is 7.34. The van der Waals surface area contributed by atoms with Gasteiger partial charge in [0.05, 0.1) is 6.10 Å². The van der Waals surface area contributed by atoms with Gasteiger partial charge in [0.25, 0.3) is 0 Å². The van der Waals surface area contributed by atoms with Crippen molar-refractivity contribution in [1.29, 1.82) is 0 Å². The van der Waals surface area contributed by atoms with Gasteiger partial charge in [-0.15, -0.1) is 0 Å². The highest BCUT2D eigenvalue weighted by atomic mass is 16.4. The Hall–Kier alpha value is -2.17. The lowest BCUT2D eigenvalue weighted by atomic mass is 10.0. The molecular weight excluding hydrogens is 278 g/mol. The molecule has 0 fully saturated rings. The van der Waals surface area contributed by atoms with Gasteiger partial charge in [-0.1, -0.05) is 60.7 Å². The van der Waals surface area contributed by atoms with Crippen LogP contribution < -0.4 is 5.32 Å². The number of aliphatic hydroxyl groups excluding tert-OH is 1. The number of carboxylic acid groups (broad SMARTS) is 1. The van der Waals surface area contributed by atoms with Crippen LogP contribution in [0, 0.1) is 0 Å². The Labute approximate surface area is 130 Å². The number of nitrogens with one attached hydrogen (secondary N) is 1. The quantitative estimate of drug-likeness (QED) is 0.735. The molecule has 2 aromatic carbocycles. The summed E-state index contributed by atoms with van der Waals surface area (Å²) in [6.07, 6.45) is -0.686. The molecule has 0 aromatic heterocycles. The van der Waals surface area contributed by atoms with Crippen LogP contribution in [0.4, 0.5) is 0 Å². The second-order valence-corrected chi connectivity index (χ2v) is 5.35. The molecule has 0 aliphatic rings. The van der Waals surface area contributed by atoms with E-state index in [1.54, 1.807) is 12.1 Å². The van der Waals surface area contributed by atoms with E-state index >= 15 is 0 Å². The van der Waals surface area contributed by atoms with Gasteiger partial charge >= 0.3 is 5.97 Å². The summed E-state index contributed by atoms with van der Waals surface area (Å²) in [6.45, 7) is 1.92.